The molecule has 1 atom stereocenters. The van der Waals surface area contributed by atoms with E-state index in [1.165, 1.54) is 0 Å². The summed E-state index contributed by atoms with van der Waals surface area (Å²) in [6, 6.07) is 5.83. The molecule has 5 heteroatoms. The lowest BCUT2D eigenvalue weighted by atomic mass is 10.1. The lowest BCUT2D eigenvalue weighted by Gasteiger charge is -2.17. The molecule has 1 unspecified atom stereocenters. The summed E-state index contributed by atoms with van der Waals surface area (Å²) in [6.45, 7) is 3.07. The monoisotopic (exact) mass is 297 g/mol. The maximum absolute atomic E-state index is 6.24. The molecule has 102 valence electrons. The molecule has 0 fully saturated rings. The molecule has 2 rings (SSSR count). The summed E-state index contributed by atoms with van der Waals surface area (Å²) in [5.74, 6) is 0.921. The zero-order valence-corrected chi connectivity index (χ0v) is 12.3. The highest BCUT2D eigenvalue weighted by molar-refractivity contribution is 6.42. The van der Waals surface area contributed by atoms with E-state index >= 15 is 0 Å². The normalized spacial score (nSPS) is 12.6. The lowest BCUT2D eigenvalue weighted by molar-refractivity contribution is 0.508. The van der Waals surface area contributed by atoms with Gasteiger partial charge in [0.2, 0.25) is 0 Å². The largest absolute Gasteiger partial charge is 0.347 e. The molecule has 3 nitrogen and oxygen atoms in total. The standard InChI is InChI=1S/C14H17Cl2N3/c1-2-6-17-12(14-18-7-8-19-14)9-10-4-3-5-11(15)13(10)16/h3-5,7-8,12,17H,2,6,9H2,1H3,(H,18,19). The number of nitrogens with one attached hydrogen (secondary N) is 2. The van der Waals surface area contributed by atoms with Crippen LogP contribution in [0.5, 0.6) is 0 Å². The second kappa shape index (κ2) is 6.94. The Bertz CT molecular complexity index is 511. The minimum absolute atomic E-state index is 0.117. The summed E-state index contributed by atoms with van der Waals surface area (Å²) in [4.78, 5) is 7.47. The third-order valence-corrected chi connectivity index (χ3v) is 3.80. The number of H-pyrrole nitrogens is 1. The molecule has 1 aromatic heterocycles. The van der Waals surface area contributed by atoms with Crippen LogP contribution in [0.4, 0.5) is 0 Å². The van der Waals surface area contributed by atoms with Gasteiger partial charge in [0, 0.05) is 12.4 Å². The van der Waals surface area contributed by atoms with Gasteiger partial charge in [-0.3, -0.25) is 0 Å². The zero-order chi connectivity index (χ0) is 13.7. The van der Waals surface area contributed by atoms with Crippen molar-refractivity contribution in [3.05, 3.63) is 52.0 Å². The summed E-state index contributed by atoms with van der Waals surface area (Å²) < 4.78 is 0. The number of benzene rings is 1. The average Bonchev–Trinajstić information content (AvgIpc) is 2.93. The van der Waals surface area contributed by atoms with E-state index in [1.807, 2.05) is 18.3 Å². The molecule has 0 aliphatic carbocycles. The van der Waals surface area contributed by atoms with E-state index in [-0.39, 0.29) is 6.04 Å². The molecule has 0 saturated heterocycles. The van der Waals surface area contributed by atoms with Crippen LogP contribution >= 0.6 is 23.2 Å². The van der Waals surface area contributed by atoms with Crippen LogP contribution in [0.25, 0.3) is 0 Å². The molecule has 0 saturated carbocycles. The number of hydrogen-bond donors (Lipinski definition) is 2. The topological polar surface area (TPSA) is 40.7 Å². The smallest absolute Gasteiger partial charge is 0.123 e. The quantitative estimate of drug-likeness (QED) is 0.846. The van der Waals surface area contributed by atoms with Gasteiger partial charge in [0.15, 0.2) is 0 Å². The predicted octanol–water partition coefficient (Wildman–Crippen LogP) is 4.00. The Morgan fingerprint density at radius 1 is 1.37 bits per heavy atom. The number of hydrogen-bond acceptors (Lipinski definition) is 2. The molecule has 0 amide bonds. The lowest BCUT2D eigenvalue weighted by Crippen LogP contribution is -2.25. The van der Waals surface area contributed by atoms with E-state index in [2.05, 4.69) is 22.2 Å². The first kappa shape index (κ1) is 14.4. The fourth-order valence-corrected chi connectivity index (χ4v) is 2.38. The SMILES string of the molecule is CCCNC(Cc1cccc(Cl)c1Cl)c1ncc[nH]1. The van der Waals surface area contributed by atoms with E-state index in [0.29, 0.717) is 10.0 Å². The van der Waals surface area contributed by atoms with Gasteiger partial charge in [-0.05, 0) is 31.0 Å². The molecule has 2 N–H and O–H groups in total. The van der Waals surface area contributed by atoms with Crippen LogP contribution in [0.2, 0.25) is 10.0 Å². The van der Waals surface area contributed by atoms with Gasteiger partial charge in [-0.1, -0.05) is 42.3 Å². The summed E-state index contributed by atoms with van der Waals surface area (Å²) in [7, 11) is 0. The van der Waals surface area contributed by atoms with Crippen LogP contribution in [0.3, 0.4) is 0 Å². The molecule has 0 aliphatic heterocycles. The summed E-state index contributed by atoms with van der Waals surface area (Å²) in [6.07, 6.45) is 5.42. The van der Waals surface area contributed by atoms with Gasteiger partial charge in [-0.15, -0.1) is 0 Å². The number of halogens is 2. The molecule has 0 aliphatic rings. The maximum atomic E-state index is 6.24. The number of imidazole rings is 1. The van der Waals surface area contributed by atoms with Gasteiger partial charge in [-0.25, -0.2) is 4.98 Å². The first-order valence-electron chi connectivity index (χ1n) is 6.38. The van der Waals surface area contributed by atoms with Gasteiger partial charge in [-0.2, -0.15) is 0 Å². The van der Waals surface area contributed by atoms with E-state index in [9.17, 15) is 0 Å². The zero-order valence-electron chi connectivity index (χ0n) is 10.8. The number of nitrogens with zero attached hydrogens (tertiary/aromatic N) is 1. The van der Waals surface area contributed by atoms with Crippen molar-refractivity contribution in [2.24, 2.45) is 0 Å². The highest BCUT2D eigenvalue weighted by atomic mass is 35.5. The van der Waals surface area contributed by atoms with Crippen molar-refractivity contribution in [1.29, 1.82) is 0 Å². The van der Waals surface area contributed by atoms with Crippen LogP contribution < -0.4 is 5.32 Å². The Kier molecular flexibility index (Phi) is 5.25. The van der Waals surface area contributed by atoms with Crippen LogP contribution in [-0.2, 0) is 6.42 Å². The van der Waals surface area contributed by atoms with Crippen LogP contribution in [0.15, 0.2) is 30.6 Å². The maximum Gasteiger partial charge on any atom is 0.123 e. The van der Waals surface area contributed by atoms with E-state index in [1.54, 1.807) is 12.3 Å². The second-order valence-electron chi connectivity index (χ2n) is 4.40. The average molecular weight is 298 g/mol. The van der Waals surface area contributed by atoms with E-state index < -0.39 is 0 Å². The van der Waals surface area contributed by atoms with Crippen molar-refractivity contribution >= 4 is 23.2 Å². The molecule has 2 aromatic rings. The highest BCUT2D eigenvalue weighted by Gasteiger charge is 2.16. The molecule has 0 spiro atoms. The Morgan fingerprint density at radius 3 is 2.89 bits per heavy atom. The Hall–Kier alpha value is -1.03. The van der Waals surface area contributed by atoms with E-state index in [4.69, 9.17) is 23.2 Å². The molecular weight excluding hydrogens is 281 g/mol. The van der Waals surface area contributed by atoms with Crippen molar-refractivity contribution in [1.82, 2.24) is 15.3 Å². The minimum Gasteiger partial charge on any atom is -0.347 e. The minimum atomic E-state index is 0.117. The van der Waals surface area contributed by atoms with Crippen molar-refractivity contribution in [2.45, 2.75) is 25.8 Å². The van der Waals surface area contributed by atoms with Gasteiger partial charge < -0.3 is 10.3 Å². The summed E-state index contributed by atoms with van der Waals surface area (Å²) in [5, 5.41) is 4.69. The second-order valence-corrected chi connectivity index (χ2v) is 5.18. The predicted molar refractivity (Wildman–Crippen MR) is 79.8 cm³/mol. The van der Waals surface area contributed by atoms with Gasteiger partial charge >= 0.3 is 0 Å². The summed E-state index contributed by atoms with van der Waals surface area (Å²) in [5.41, 5.74) is 1.03. The molecule has 1 heterocycles. The van der Waals surface area contributed by atoms with Gasteiger partial charge in [0.25, 0.3) is 0 Å². The molecule has 0 bridgehead atoms. The molecule has 19 heavy (non-hydrogen) atoms. The number of aromatic amines is 1. The molecule has 0 radical (unpaired) electrons. The van der Waals surface area contributed by atoms with Crippen molar-refractivity contribution < 1.29 is 0 Å². The fraction of sp³-hybridized carbons (Fsp3) is 0.357. The molecule has 1 aromatic carbocycles. The van der Waals surface area contributed by atoms with Gasteiger partial charge in [0.1, 0.15) is 5.82 Å². The summed E-state index contributed by atoms with van der Waals surface area (Å²) >= 11 is 12.3. The number of rotatable bonds is 6. The van der Waals surface area contributed by atoms with Crippen LogP contribution in [0.1, 0.15) is 30.8 Å². The number of aromatic nitrogens is 2. The van der Waals surface area contributed by atoms with Crippen molar-refractivity contribution in [2.75, 3.05) is 6.54 Å². The van der Waals surface area contributed by atoms with Crippen molar-refractivity contribution in [3.8, 4) is 0 Å². The van der Waals surface area contributed by atoms with Crippen LogP contribution in [0, 0.1) is 0 Å². The van der Waals surface area contributed by atoms with E-state index in [0.717, 1.165) is 30.8 Å². The van der Waals surface area contributed by atoms with Crippen molar-refractivity contribution in [3.63, 3.8) is 0 Å². The van der Waals surface area contributed by atoms with Gasteiger partial charge in [0.05, 0.1) is 16.1 Å². The third kappa shape index (κ3) is 3.72. The Balaban J connectivity index is 2.18. The molecular formula is C14H17Cl2N3. The Labute approximate surface area is 123 Å². The fourth-order valence-electron chi connectivity index (χ4n) is 1.98. The van der Waals surface area contributed by atoms with Crippen LogP contribution in [-0.4, -0.2) is 16.5 Å². The highest BCUT2D eigenvalue weighted by Crippen LogP contribution is 2.28. The first-order chi connectivity index (χ1) is 9.22. The first-order valence-corrected chi connectivity index (χ1v) is 7.13. The Morgan fingerprint density at radius 2 is 2.21 bits per heavy atom. The third-order valence-electron chi connectivity index (χ3n) is 2.95.